The number of β-lactam (4-membered cyclic amide) rings is 1. The Hall–Kier alpha value is -4.72. The predicted octanol–water partition coefficient (Wildman–Crippen LogP) is 9.14. The van der Waals surface area contributed by atoms with Crippen LogP contribution in [0.15, 0.2) is 59.8 Å². The van der Waals surface area contributed by atoms with Crippen molar-refractivity contribution in [3.8, 4) is 11.5 Å². The Morgan fingerprint density at radius 1 is 0.929 bits per heavy atom. The zero-order valence-electron chi connectivity index (χ0n) is 31.3. The van der Waals surface area contributed by atoms with Crippen LogP contribution in [0, 0.1) is 45.1 Å². The Labute approximate surface area is 329 Å². The van der Waals surface area contributed by atoms with Gasteiger partial charge in [0.2, 0.25) is 45.1 Å². The first-order chi connectivity index (χ1) is 26.0. The first-order valence-electron chi connectivity index (χ1n) is 16.8. The molecule has 300 valence electrons. The zero-order valence-corrected chi connectivity index (χ0v) is 34.0. The summed E-state index contributed by atoms with van der Waals surface area (Å²) in [6.45, 7) is 14.9. The highest BCUT2D eigenvalue weighted by molar-refractivity contribution is 8.23. The number of ether oxygens (including phenoxy) is 3. The smallest absolute Gasteiger partial charge is 0.355 e. The SMILES string of the molecule is CC(C)=C(C(=O)OCc1ccc([N+](=O)[O-])cc1)N1C(=O)[C@H]([C@@H](C)O[Si](C)(C)C(C)(C)C)[C@H]1SC(=S)Oc1ccc(C(=O)Oc2c(F)c(F)c(F)c(F)c2F)cc1. The summed E-state index contributed by atoms with van der Waals surface area (Å²) in [5, 5.41) is 9.99. The lowest BCUT2D eigenvalue weighted by atomic mass is 9.91. The molecule has 0 unspecified atom stereocenters. The van der Waals surface area contributed by atoms with Gasteiger partial charge < -0.3 is 18.6 Å². The van der Waals surface area contributed by atoms with Crippen LogP contribution in [0.5, 0.6) is 11.5 Å². The van der Waals surface area contributed by atoms with Gasteiger partial charge in [0.05, 0.1) is 22.5 Å². The third-order valence-corrected chi connectivity index (χ3v) is 15.1. The van der Waals surface area contributed by atoms with Crippen molar-refractivity contribution in [1.29, 1.82) is 0 Å². The number of carbonyl (C=O) groups is 3. The lowest BCUT2D eigenvalue weighted by Crippen LogP contribution is -2.65. The van der Waals surface area contributed by atoms with Gasteiger partial charge in [-0.1, -0.05) is 20.8 Å². The Bertz CT molecular complexity index is 2060. The number of carbonyl (C=O) groups excluding carboxylic acids is 3. The molecular weight excluding hydrogens is 804 g/mol. The Morgan fingerprint density at radius 3 is 1.96 bits per heavy atom. The van der Waals surface area contributed by atoms with E-state index in [9.17, 15) is 46.5 Å². The van der Waals surface area contributed by atoms with Crippen LogP contribution in [0.25, 0.3) is 0 Å². The number of hydrogen-bond acceptors (Lipinski definition) is 11. The standard InChI is InChI=1S/C37H37F5N2O9S2Si/c1-18(2)30(35(47)50-17-20-9-13-22(14-10-20)44(48)49)43-32(45)24(19(3)53-56(7,8)37(4,5)6)33(43)55-36(54)51-23-15-11-21(12-16-23)34(46)52-31-28(41)26(39)25(38)27(40)29(31)42/h9-16,19,24,33H,17H2,1-8H3/t19-,24+,33-/m1/s1. The van der Waals surface area contributed by atoms with Crippen LogP contribution in [0.3, 0.4) is 0 Å². The van der Waals surface area contributed by atoms with Gasteiger partial charge in [-0.25, -0.2) is 22.8 Å². The van der Waals surface area contributed by atoms with Gasteiger partial charge in [-0.2, -0.15) is 8.78 Å². The molecule has 1 aliphatic rings. The summed E-state index contributed by atoms with van der Waals surface area (Å²) in [6.07, 6.45) is -0.627. The molecule has 0 aliphatic carbocycles. The number of amides is 1. The van der Waals surface area contributed by atoms with E-state index in [1.54, 1.807) is 20.8 Å². The third kappa shape index (κ3) is 9.44. The van der Waals surface area contributed by atoms with Crippen molar-refractivity contribution >= 4 is 60.2 Å². The van der Waals surface area contributed by atoms with E-state index in [2.05, 4.69) is 4.74 Å². The van der Waals surface area contributed by atoms with Crippen molar-refractivity contribution in [1.82, 2.24) is 4.90 Å². The van der Waals surface area contributed by atoms with Crippen molar-refractivity contribution < 1.29 is 59.9 Å². The molecule has 0 aromatic heterocycles. The van der Waals surface area contributed by atoms with E-state index < -0.39 is 83.3 Å². The number of nitro benzene ring substituents is 1. The number of halogens is 5. The van der Waals surface area contributed by atoms with Gasteiger partial charge in [0.15, 0.2) is 8.32 Å². The fourth-order valence-corrected chi connectivity index (χ4v) is 8.14. The van der Waals surface area contributed by atoms with E-state index in [1.165, 1.54) is 41.3 Å². The van der Waals surface area contributed by atoms with E-state index in [0.717, 1.165) is 23.9 Å². The minimum atomic E-state index is -2.41. The summed E-state index contributed by atoms with van der Waals surface area (Å²) in [5.41, 5.74) is 0.379. The summed E-state index contributed by atoms with van der Waals surface area (Å²) >= 11 is 6.45. The maximum absolute atomic E-state index is 14.1. The van der Waals surface area contributed by atoms with E-state index in [0.29, 0.717) is 11.1 Å². The first-order valence-corrected chi connectivity index (χ1v) is 21.0. The van der Waals surface area contributed by atoms with Gasteiger partial charge in [0, 0.05) is 12.1 Å². The van der Waals surface area contributed by atoms with Crippen LogP contribution >= 0.6 is 24.0 Å². The van der Waals surface area contributed by atoms with Crippen LogP contribution in [-0.4, -0.2) is 51.8 Å². The summed E-state index contributed by atoms with van der Waals surface area (Å²) in [4.78, 5) is 51.7. The minimum absolute atomic E-state index is 0.0513. The predicted molar refractivity (Wildman–Crippen MR) is 202 cm³/mol. The monoisotopic (exact) mass is 840 g/mol. The molecule has 0 bridgehead atoms. The van der Waals surface area contributed by atoms with Gasteiger partial charge in [-0.05, 0) is 110 Å². The molecule has 3 atom stereocenters. The Morgan fingerprint density at radius 2 is 1.46 bits per heavy atom. The molecule has 1 fully saturated rings. The maximum Gasteiger partial charge on any atom is 0.355 e. The Balaban J connectivity index is 1.54. The maximum atomic E-state index is 14.1. The number of nitrogens with zero attached hydrogens (tertiary/aromatic N) is 2. The molecule has 0 spiro atoms. The molecule has 0 radical (unpaired) electrons. The second kappa shape index (κ2) is 17.2. The quantitative estimate of drug-likeness (QED) is 0.0148. The highest BCUT2D eigenvalue weighted by Gasteiger charge is 2.56. The molecule has 1 saturated heterocycles. The molecular formula is C37H37F5N2O9S2Si. The normalized spacial score (nSPS) is 16.1. The fourth-order valence-electron chi connectivity index (χ4n) is 5.18. The molecule has 0 N–H and O–H groups in total. The van der Waals surface area contributed by atoms with E-state index in [1.807, 2.05) is 33.9 Å². The number of likely N-dealkylation sites (tertiary alicyclic amines) is 1. The number of thiocarbonyl (C=S) groups is 1. The topological polar surface area (TPSA) is 135 Å². The summed E-state index contributed by atoms with van der Waals surface area (Å²) in [5.74, 6) is -16.8. The van der Waals surface area contributed by atoms with Crippen LogP contribution in [-0.2, 0) is 25.4 Å². The number of allylic oxidation sites excluding steroid dienone is 1. The van der Waals surface area contributed by atoms with Crippen molar-refractivity contribution in [3.63, 3.8) is 0 Å². The number of non-ortho nitro benzene ring substituents is 1. The fraction of sp³-hybridized carbons (Fsp3) is 0.351. The second-order valence-corrected chi connectivity index (χ2v) is 20.8. The van der Waals surface area contributed by atoms with Crippen molar-refractivity contribution in [2.24, 2.45) is 5.92 Å². The molecule has 1 heterocycles. The molecule has 56 heavy (non-hydrogen) atoms. The van der Waals surface area contributed by atoms with Gasteiger partial charge >= 0.3 is 11.9 Å². The van der Waals surface area contributed by atoms with Crippen LogP contribution < -0.4 is 9.47 Å². The van der Waals surface area contributed by atoms with Crippen LogP contribution in [0.2, 0.25) is 18.1 Å². The first kappa shape index (κ1) is 44.0. The summed E-state index contributed by atoms with van der Waals surface area (Å²) in [6, 6.07) is 10.1. The lowest BCUT2D eigenvalue weighted by molar-refractivity contribution is -0.384. The largest absolute Gasteiger partial charge is 0.456 e. The van der Waals surface area contributed by atoms with E-state index >= 15 is 0 Å². The Kier molecular flexibility index (Phi) is 13.5. The molecule has 0 saturated carbocycles. The molecule has 1 aliphatic heterocycles. The lowest BCUT2D eigenvalue weighted by Gasteiger charge is -2.51. The van der Waals surface area contributed by atoms with Crippen LogP contribution in [0.4, 0.5) is 27.6 Å². The van der Waals surface area contributed by atoms with Crippen LogP contribution in [0.1, 0.15) is 57.5 Å². The van der Waals surface area contributed by atoms with Crippen molar-refractivity contribution in [2.75, 3.05) is 0 Å². The van der Waals surface area contributed by atoms with Gasteiger partial charge in [-0.15, -0.1) is 0 Å². The van der Waals surface area contributed by atoms with E-state index in [-0.39, 0.29) is 38.7 Å². The van der Waals surface area contributed by atoms with E-state index in [4.69, 9.17) is 26.1 Å². The molecule has 3 aromatic carbocycles. The molecule has 4 rings (SSSR count). The van der Waals surface area contributed by atoms with Crippen molar-refractivity contribution in [2.45, 2.75) is 77.8 Å². The number of nitro groups is 1. The molecule has 3 aromatic rings. The number of esters is 2. The van der Waals surface area contributed by atoms with Gasteiger partial charge in [-0.3, -0.25) is 19.8 Å². The number of thioether (sulfide) groups is 1. The number of benzene rings is 3. The minimum Gasteiger partial charge on any atom is -0.456 e. The van der Waals surface area contributed by atoms with Crippen molar-refractivity contribution in [3.05, 3.63) is 110 Å². The third-order valence-electron chi connectivity index (χ3n) is 9.17. The highest BCUT2D eigenvalue weighted by Crippen LogP contribution is 2.45. The molecule has 11 nitrogen and oxygen atoms in total. The summed E-state index contributed by atoms with van der Waals surface area (Å²) < 4.78 is 90.9. The number of hydrogen-bond donors (Lipinski definition) is 0. The summed E-state index contributed by atoms with van der Waals surface area (Å²) in [7, 11) is -2.40. The van der Waals surface area contributed by atoms with Gasteiger partial charge in [0.25, 0.3) is 5.69 Å². The zero-order chi connectivity index (χ0) is 42.0. The molecule has 1 amide bonds. The molecule has 19 heteroatoms. The van der Waals surface area contributed by atoms with Gasteiger partial charge in [0.1, 0.15) is 23.4 Å². The number of rotatable bonds is 12. The average molecular weight is 841 g/mol. The highest BCUT2D eigenvalue weighted by atomic mass is 32.2. The second-order valence-electron chi connectivity index (χ2n) is 14.3. The average Bonchev–Trinajstić information content (AvgIpc) is 3.12.